The number of rotatable bonds is 8. The maximum absolute atomic E-state index is 12.1. The summed E-state index contributed by atoms with van der Waals surface area (Å²) in [5.41, 5.74) is 5.33. The van der Waals surface area contributed by atoms with Crippen molar-refractivity contribution in [3.8, 4) is 0 Å². The summed E-state index contributed by atoms with van der Waals surface area (Å²) in [6.07, 6.45) is 2.33. The zero-order valence-electron chi connectivity index (χ0n) is 11.4. The summed E-state index contributed by atoms with van der Waals surface area (Å²) in [5, 5.41) is 9.06. The van der Waals surface area contributed by atoms with Gasteiger partial charge in [-0.15, -0.1) is 0 Å². The molecule has 1 aliphatic rings. The zero-order valence-corrected chi connectivity index (χ0v) is 12.2. The maximum Gasteiger partial charge on any atom is 0.337 e. The highest BCUT2D eigenvalue weighted by Crippen LogP contribution is 2.28. The molecule has 0 bridgehead atoms. The monoisotopic (exact) mass is 314 g/mol. The minimum Gasteiger partial charge on any atom is -0.478 e. The molecule has 1 aliphatic carbocycles. The van der Waals surface area contributed by atoms with Crippen LogP contribution in [0, 0.1) is 5.92 Å². The van der Waals surface area contributed by atoms with Gasteiger partial charge in [0.2, 0.25) is 10.0 Å². The number of nitrogens with two attached hydrogens (primary N) is 1. The van der Waals surface area contributed by atoms with Crippen molar-refractivity contribution >= 4 is 21.7 Å². The molecule has 1 aromatic carbocycles. The molecular formula is C13H18N2O5S. The summed E-state index contributed by atoms with van der Waals surface area (Å²) < 4.78 is 31.9. The van der Waals surface area contributed by atoms with E-state index in [0.29, 0.717) is 12.5 Å². The summed E-state index contributed by atoms with van der Waals surface area (Å²) in [6.45, 7) is 0.996. The number of anilines is 1. The molecule has 0 atom stereocenters. The molecule has 2 rings (SSSR count). The number of nitrogens with one attached hydrogen (secondary N) is 1. The first-order valence-electron chi connectivity index (χ1n) is 6.60. The van der Waals surface area contributed by atoms with Crippen molar-refractivity contribution in [1.29, 1.82) is 0 Å². The Hall–Kier alpha value is -1.64. The van der Waals surface area contributed by atoms with Gasteiger partial charge in [-0.2, -0.15) is 0 Å². The summed E-state index contributed by atoms with van der Waals surface area (Å²) in [7, 11) is -3.90. The molecule has 0 spiro atoms. The van der Waals surface area contributed by atoms with Gasteiger partial charge in [0, 0.05) is 18.8 Å². The van der Waals surface area contributed by atoms with Gasteiger partial charge in [-0.3, -0.25) is 0 Å². The van der Waals surface area contributed by atoms with Crippen LogP contribution >= 0.6 is 0 Å². The first-order valence-corrected chi connectivity index (χ1v) is 8.08. The van der Waals surface area contributed by atoms with E-state index in [1.807, 2.05) is 0 Å². The fourth-order valence-electron chi connectivity index (χ4n) is 1.81. The van der Waals surface area contributed by atoms with Crippen molar-refractivity contribution in [2.75, 3.05) is 25.5 Å². The quantitative estimate of drug-likeness (QED) is 0.479. The first-order chi connectivity index (χ1) is 9.90. The van der Waals surface area contributed by atoms with E-state index < -0.39 is 16.0 Å². The van der Waals surface area contributed by atoms with Crippen molar-refractivity contribution in [3.63, 3.8) is 0 Å². The lowest BCUT2D eigenvalue weighted by Gasteiger charge is -2.10. The highest BCUT2D eigenvalue weighted by Gasteiger charge is 2.23. The number of hydrogen-bond acceptors (Lipinski definition) is 5. The van der Waals surface area contributed by atoms with Gasteiger partial charge in [-0.05, 0) is 37.0 Å². The summed E-state index contributed by atoms with van der Waals surface area (Å²) in [5.74, 6) is -0.732. The van der Waals surface area contributed by atoms with Crippen LogP contribution in [0.4, 0.5) is 5.69 Å². The van der Waals surface area contributed by atoms with Gasteiger partial charge in [0.1, 0.15) is 0 Å². The molecule has 0 unspecified atom stereocenters. The van der Waals surface area contributed by atoms with Crippen molar-refractivity contribution in [3.05, 3.63) is 23.8 Å². The molecule has 21 heavy (non-hydrogen) atoms. The van der Waals surface area contributed by atoms with Crippen molar-refractivity contribution in [2.24, 2.45) is 5.92 Å². The second-order valence-corrected chi connectivity index (χ2v) is 6.71. The number of carboxylic acids is 1. The minimum absolute atomic E-state index is 0.0957. The number of carboxylic acid groups (broad SMARTS) is 1. The smallest absolute Gasteiger partial charge is 0.337 e. The highest BCUT2D eigenvalue weighted by atomic mass is 32.2. The van der Waals surface area contributed by atoms with Crippen LogP contribution in [0.3, 0.4) is 0 Å². The van der Waals surface area contributed by atoms with E-state index in [2.05, 4.69) is 4.72 Å². The van der Waals surface area contributed by atoms with Crippen molar-refractivity contribution in [2.45, 2.75) is 17.7 Å². The second kappa shape index (κ2) is 6.42. The van der Waals surface area contributed by atoms with Crippen molar-refractivity contribution in [1.82, 2.24) is 4.72 Å². The summed E-state index contributed by atoms with van der Waals surface area (Å²) >= 11 is 0. The minimum atomic E-state index is -3.90. The van der Waals surface area contributed by atoms with Crippen LogP contribution in [0.1, 0.15) is 23.2 Å². The molecule has 7 nitrogen and oxygen atoms in total. The van der Waals surface area contributed by atoms with Crippen LogP contribution in [-0.4, -0.2) is 39.3 Å². The van der Waals surface area contributed by atoms with Gasteiger partial charge in [0.05, 0.1) is 17.1 Å². The predicted octanol–water partition coefficient (Wildman–Crippen LogP) is 0.672. The van der Waals surface area contributed by atoms with Gasteiger partial charge < -0.3 is 15.6 Å². The SMILES string of the molecule is Nc1ccc(S(=O)(=O)NCCOCC2CC2)c(C(=O)O)c1. The van der Waals surface area contributed by atoms with Crippen LogP contribution in [0.25, 0.3) is 0 Å². The number of ether oxygens (including phenoxy) is 1. The van der Waals surface area contributed by atoms with Gasteiger partial charge >= 0.3 is 5.97 Å². The number of benzene rings is 1. The summed E-state index contributed by atoms with van der Waals surface area (Å²) in [4.78, 5) is 10.8. The predicted molar refractivity (Wildman–Crippen MR) is 76.5 cm³/mol. The Kier molecular flexibility index (Phi) is 4.81. The van der Waals surface area contributed by atoms with Gasteiger partial charge in [0.25, 0.3) is 0 Å². The van der Waals surface area contributed by atoms with Crippen LogP contribution in [0.2, 0.25) is 0 Å². The fourth-order valence-corrected chi connectivity index (χ4v) is 3.00. The van der Waals surface area contributed by atoms with Gasteiger partial charge in [-0.1, -0.05) is 0 Å². The Balaban J connectivity index is 1.99. The largest absolute Gasteiger partial charge is 0.478 e. The molecule has 0 saturated heterocycles. The van der Waals surface area contributed by atoms with E-state index in [4.69, 9.17) is 15.6 Å². The zero-order chi connectivity index (χ0) is 15.5. The molecule has 0 aromatic heterocycles. The molecule has 0 amide bonds. The normalized spacial score (nSPS) is 15.0. The number of carbonyl (C=O) groups is 1. The Bertz CT molecular complexity index is 625. The Morgan fingerprint density at radius 1 is 1.43 bits per heavy atom. The van der Waals surface area contributed by atoms with E-state index in [1.165, 1.54) is 25.0 Å². The molecular weight excluding hydrogens is 296 g/mol. The van der Waals surface area contributed by atoms with E-state index in [-0.39, 0.29) is 29.3 Å². The molecule has 1 aromatic rings. The Morgan fingerprint density at radius 3 is 2.76 bits per heavy atom. The molecule has 8 heteroatoms. The molecule has 0 radical (unpaired) electrons. The van der Waals surface area contributed by atoms with Gasteiger partial charge in [-0.25, -0.2) is 17.9 Å². The van der Waals surface area contributed by atoms with Gasteiger partial charge in [0.15, 0.2) is 0 Å². The average molecular weight is 314 g/mol. The number of sulfonamides is 1. The standard InChI is InChI=1S/C13H18N2O5S/c14-10-3-4-12(11(7-10)13(16)17)21(18,19)15-5-6-20-8-9-1-2-9/h3-4,7,9,15H,1-2,5-6,8,14H2,(H,16,17). The van der Waals surface area contributed by atoms with Crippen LogP contribution < -0.4 is 10.5 Å². The summed E-state index contributed by atoms with van der Waals surface area (Å²) in [6, 6.07) is 3.66. The maximum atomic E-state index is 12.1. The lowest BCUT2D eigenvalue weighted by atomic mass is 10.2. The third kappa shape index (κ3) is 4.42. The molecule has 0 heterocycles. The second-order valence-electron chi connectivity index (χ2n) is 4.98. The Labute approximate surface area is 123 Å². The molecule has 1 fully saturated rings. The highest BCUT2D eigenvalue weighted by molar-refractivity contribution is 7.89. The molecule has 1 saturated carbocycles. The van der Waals surface area contributed by atoms with Crippen molar-refractivity contribution < 1.29 is 23.1 Å². The fraction of sp³-hybridized carbons (Fsp3) is 0.462. The third-order valence-corrected chi connectivity index (χ3v) is 4.63. The number of nitrogen functional groups attached to an aromatic ring is 1. The lowest BCUT2D eigenvalue weighted by Crippen LogP contribution is -2.29. The van der Waals surface area contributed by atoms with Crippen LogP contribution in [0.15, 0.2) is 23.1 Å². The molecule has 116 valence electrons. The lowest BCUT2D eigenvalue weighted by molar-refractivity contribution is 0.0692. The molecule has 4 N–H and O–H groups in total. The first kappa shape index (κ1) is 15.7. The topological polar surface area (TPSA) is 119 Å². The Morgan fingerprint density at radius 2 is 2.14 bits per heavy atom. The third-order valence-electron chi connectivity index (χ3n) is 3.11. The van der Waals surface area contributed by atoms with E-state index in [9.17, 15) is 13.2 Å². The van der Waals surface area contributed by atoms with E-state index >= 15 is 0 Å². The number of hydrogen-bond donors (Lipinski definition) is 3. The van der Waals surface area contributed by atoms with E-state index in [0.717, 1.165) is 6.07 Å². The van der Waals surface area contributed by atoms with E-state index in [1.54, 1.807) is 0 Å². The van der Waals surface area contributed by atoms with Crippen LogP contribution in [0.5, 0.6) is 0 Å². The van der Waals surface area contributed by atoms with Crippen LogP contribution in [-0.2, 0) is 14.8 Å². The molecule has 0 aliphatic heterocycles. The average Bonchev–Trinajstić information content (AvgIpc) is 3.22. The number of aromatic carboxylic acids is 1.